The zero-order valence-corrected chi connectivity index (χ0v) is 14.3. The van der Waals surface area contributed by atoms with Crippen LogP contribution in [0.5, 0.6) is 5.75 Å². The number of rotatable bonds is 2. The van der Waals surface area contributed by atoms with E-state index in [1.165, 1.54) is 16.7 Å². The average molecular weight is 323 g/mol. The molecular formula is C21H25NO2. The third-order valence-electron chi connectivity index (χ3n) is 7.10. The topological polar surface area (TPSA) is 32.7 Å². The van der Waals surface area contributed by atoms with Crippen molar-refractivity contribution in [3.63, 3.8) is 0 Å². The van der Waals surface area contributed by atoms with Gasteiger partial charge in [0.15, 0.2) is 0 Å². The predicted octanol–water partition coefficient (Wildman–Crippen LogP) is 2.89. The number of aryl methyl sites for hydroxylation is 1. The number of likely N-dealkylation sites (tertiary alicyclic amines) is 1. The number of piperidine rings is 1. The Labute approximate surface area is 143 Å². The lowest BCUT2D eigenvalue weighted by molar-refractivity contribution is -0.171. The summed E-state index contributed by atoms with van der Waals surface area (Å²) in [6.45, 7) is 12.2. The molecule has 2 bridgehead atoms. The van der Waals surface area contributed by atoms with Gasteiger partial charge in [-0.15, -0.1) is 6.58 Å². The van der Waals surface area contributed by atoms with E-state index in [4.69, 9.17) is 4.74 Å². The number of benzene rings is 1. The van der Waals surface area contributed by atoms with Crippen molar-refractivity contribution in [3.8, 4) is 5.75 Å². The zero-order chi connectivity index (χ0) is 16.7. The molecule has 1 spiro atoms. The highest BCUT2D eigenvalue weighted by atomic mass is 16.5. The summed E-state index contributed by atoms with van der Waals surface area (Å²) in [6, 6.07) is 4.57. The Morgan fingerprint density at radius 3 is 3.04 bits per heavy atom. The van der Waals surface area contributed by atoms with Crippen LogP contribution in [0.2, 0.25) is 0 Å². The minimum atomic E-state index is -0.730. The third-order valence-corrected chi connectivity index (χ3v) is 7.10. The van der Waals surface area contributed by atoms with Gasteiger partial charge in [0, 0.05) is 24.7 Å². The van der Waals surface area contributed by atoms with Crippen molar-refractivity contribution in [2.24, 2.45) is 0 Å². The van der Waals surface area contributed by atoms with Gasteiger partial charge in [-0.25, -0.2) is 0 Å². The van der Waals surface area contributed by atoms with E-state index in [0.29, 0.717) is 0 Å². The molecule has 2 heterocycles. The van der Waals surface area contributed by atoms with Crippen LogP contribution in [0.3, 0.4) is 0 Å². The SMILES string of the molecule is C=CCN1CCC23c4c5ccc(C)c4OC2C(=C)CC[C@]3(O)[C@@H]1C5. The van der Waals surface area contributed by atoms with Crippen molar-refractivity contribution < 1.29 is 9.84 Å². The van der Waals surface area contributed by atoms with E-state index >= 15 is 0 Å². The molecule has 4 aliphatic rings. The molecule has 0 amide bonds. The second-order valence-corrected chi connectivity index (χ2v) is 8.05. The molecule has 2 aliphatic carbocycles. The van der Waals surface area contributed by atoms with Crippen LogP contribution in [0.15, 0.2) is 36.9 Å². The molecule has 24 heavy (non-hydrogen) atoms. The molecular weight excluding hydrogens is 298 g/mol. The molecule has 1 N–H and O–H groups in total. The fraction of sp³-hybridized carbons (Fsp3) is 0.524. The van der Waals surface area contributed by atoms with Gasteiger partial charge in [-0.2, -0.15) is 0 Å². The summed E-state index contributed by atoms with van der Waals surface area (Å²) in [7, 11) is 0. The minimum Gasteiger partial charge on any atom is -0.484 e. The van der Waals surface area contributed by atoms with Crippen LogP contribution in [0.1, 0.15) is 36.0 Å². The van der Waals surface area contributed by atoms with Gasteiger partial charge < -0.3 is 9.84 Å². The van der Waals surface area contributed by atoms with E-state index in [-0.39, 0.29) is 17.6 Å². The van der Waals surface area contributed by atoms with Crippen LogP contribution in [0.4, 0.5) is 0 Å². The smallest absolute Gasteiger partial charge is 0.132 e. The quantitative estimate of drug-likeness (QED) is 0.850. The van der Waals surface area contributed by atoms with Crippen molar-refractivity contribution >= 4 is 0 Å². The lowest BCUT2D eigenvalue weighted by atomic mass is 9.48. The summed E-state index contributed by atoms with van der Waals surface area (Å²) in [5.74, 6) is 1.02. The van der Waals surface area contributed by atoms with Crippen molar-refractivity contribution in [1.82, 2.24) is 4.90 Å². The van der Waals surface area contributed by atoms with Gasteiger partial charge >= 0.3 is 0 Å². The molecule has 2 aliphatic heterocycles. The maximum Gasteiger partial charge on any atom is 0.132 e. The first-order valence-corrected chi connectivity index (χ1v) is 9.07. The normalized spacial score (nSPS) is 39.3. The monoisotopic (exact) mass is 323 g/mol. The molecule has 3 nitrogen and oxygen atoms in total. The maximum absolute atomic E-state index is 12.0. The number of hydrogen-bond donors (Lipinski definition) is 1. The first kappa shape index (κ1) is 14.7. The number of aliphatic hydroxyl groups is 1. The molecule has 1 saturated heterocycles. The standard InChI is InChI=1S/C21H25NO2/c1-4-10-22-11-9-20-17-15-6-5-13(2)18(17)24-19(20)14(3)7-8-21(20,23)16(22)12-15/h4-6,16,19,23H,1,3,7-12H2,2H3/t16-,19?,20?,21-/m0/s1. The van der Waals surface area contributed by atoms with E-state index in [2.05, 4.69) is 37.1 Å². The van der Waals surface area contributed by atoms with E-state index in [1.54, 1.807) is 0 Å². The maximum atomic E-state index is 12.0. The number of nitrogens with zero attached hydrogens (tertiary/aromatic N) is 1. The van der Waals surface area contributed by atoms with E-state index in [1.807, 2.05) is 6.08 Å². The largest absolute Gasteiger partial charge is 0.484 e. The Balaban J connectivity index is 1.80. The molecule has 5 rings (SSSR count). The highest BCUT2D eigenvalue weighted by molar-refractivity contribution is 5.61. The summed E-state index contributed by atoms with van der Waals surface area (Å²) in [5, 5.41) is 12.0. The summed E-state index contributed by atoms with van der Waals surface area (Å²) in [5.41, 5.74) is 3.95. The van der Waals surface area contributed by atoms with Gasteiger partial charge in [-0.05, 0) is 49.3 Å². The second kappa shape index (κ2) is 4.53. The average Bonchev–Trinajstić information content (AvgIpc) is 2.91. The van der Waals surface area contributed by atoms with Gasteiger partial charge in [0.25, 0.3) is 0 Å². The molecule has 1 aromatic rings. The highest BCUT2D eigenvalue weighted by Gasteiger charge is 2.71. The molecule has 0 radical (unpaired) electrons. The lowest BCUT2D eigenvalue weighted by Crippen LogP contribution is -2.75. The molecule has 2 fully saturated rings. The van der Waals surface area contributed by atoms with Gasteiger partial charge in [0.2, 0.25) is 0 Å². The van der Waals surface area contributed by atoms with Gasteiger partial charge in [0.05, 0.1) is 11.0 Å². The van der Waals surface area contributed by atoms with Gasteiger partial charge in [0.1, 0.15) is 11.9 Å². The van der Waals surface area contributed by atoms with Crippen molar-refractivity contribution in [2.45, 2.75) is 55.8 Å². The predicted molar refractivity (Wildman–Crippen MR) is 94.5 cm³/mol. The molecule has 1 saturated carbocycles. The van der Waals surface area contributed by atoms with Crippen molar-refractivity contribution in [2.75, 3.05) is 13.1 Å². The van der Waals surface area contributed by atoms with E-state index in [0.717, 1.165) is 50.1 Å². The summed E-state index contributed by atoms with van der Waals surface area (Å²) in [6.07, 6.45) is 5.36. The molecule has 1 aromatic carbocycles. The van der Waals surface area contributed by atoms with Crippen LogP contribution in [-0.2, 0) is 11.8 Å². The Kier molecular flexibility index (Phi) is 2.78. The molecule has 4 atom stereocenters. The summed E-state index contributed by atoms with van der Waals surface area (Å²) < 4.78 is 6.48. The Morgan fingerprint density at radius 1 is 1.42 bits per heavy atom. The van der Waals surface area contributed by atoms with Crippen LogP contribution >= 0.6 is 0 Å². The zero-order valence-electron chi connectivity index (χ0n) is 14.3. The molecule has 2 unspecified atom stereocenters. The van der Waals surface area contributed by atoms with Crippen LogP contribution < -0.4 is 4.74 Å². The Bertz CT molecular complexity index is 769. The van der Waals surface area contributed by atoms with Crippen LogP contribution in [0.25, 0.3) is 0 Å². The van der Waals surface area contributed by atoms with Crippen LogP contribution in [-0.4, -0.2) is 40.8 Å². The fourth-order valence-electron chi connectivity index (χ4n) is 6.07. The molecule has 126 valence electrons. The molecule has 3 heteroatoms. The summed E-state index contributed by atoms with van der Waals surface area (Å²) >= 11 is 0. The Hall–Kier alpha value is -1.58. The highest BCUT2D eigenvalue weighted by Crippen LogP contribution is 2.65. The Morgan fingerprint density at radius 2 is 2.25 bits per heavy atom. The lowest BCUT2D eigenvalue weighted by Gasteiger charge is -2.63. The number of ether oxygens (including phenoxy) is 1. The van der Waals surface area contributed by atoms with Crippen LogP contribution in [0, 0.1) is 6.92 Å². The first-order valence-electron chi connectivity index (χ1n) is 9.07. The minimum absolute atomic E-state index is 0.0696. The van der Waals surface area contributed by atoms with Crippen molar-refractivity contribution in [3.05, 3.63) is 53.6 Å². The molecule has 0 aromatic heterocycles. The second-order valence-electron chi connectivity index (χ2n) is 8.05. The van der Waals surface area contributed by atoms with E-state index < -0.39 is 5.60 Å². The third kappa shape index (κ3) is 1.43. The first-order chi connectivity index (χ1) is 11.5. The number of hydrogen-bond acceptors (Lipinski definition) is 3. The van der Waals surface area contributed by atoms with Gasteiger partial charge in [-0.3, -0.25) is 4.90 Å². The van der Waals surface area contributed by atoms with E-state index in [9.17, 15) is 5.11 Å². The fourth-order valence-corrected chi connectivity index (χ4v) is 6.07. The van der Waals surface area contributed by atoms with Gasteiger partial charge in [-0.1, -0.05) is 24.8 Å². The van der Waals surface area contributed by atoms with Crippen molar-refractivity contribution in [1.29, 1.82) is 0 Å². The summed E-state index contributed by atoms with van der Waals surface area (Å²) in [4.78, 5) is 2.42.